The van der Waals surface area contributed by atoms with Gasteiger partial charge in [-0.25, -0.2) is 4.98 Å². The van der Waals surface area contributed by atoms with Gasteiger partial charge in [-0.2, -0.15) is 0 Å². The Kier molecular flexibility index (Phi) is 5.02. The van der Waals surface area contributed by atoms with Gasteiger partial charge in [0.15, 0.2) is 0 Å². The second-order valence-electron chi connectivity index (χ2n) is 6.96. The number of hydrogen-bond donors (Lipinski definition) is 1. The highest BCUT2D eigenvalue weighted by Gasteiger charge is 2.21. The molecule has 1 heterocycles. The molecule has 0 aliphatic heterocycles. The summed E-state index contributed by atoms with van der Waals surface area (Å²) in [7, 11) is 0. The fraction of sp³-hybridized carbons (Fsp3) is 0.812. The van der Waals surface area contributed by atoms with Crippen molar-refractivity contribution in [2.24, 2.45) is 5.92 Å². The van der Waals surface area contributed by atoms with Crippen molar-refractivity contribution in [1.82, 2.24) is 10.3 Å². The van der Waals surface area contributed by atoms with Crippen molar-refractivity contribution in [3.63, 3.8) is 0 Å². The summed E-state index contributed by atoms with van der Waals surface area (Å²) in [6.07, 6.45) is 7.07. The molecule has 19 heavy (non-hydrogen) atoms. The fourth-order valence-corrected chi connectivity index (χ4v) is 3.71. The van der Waals surface area contributed by atoms with Gasteiger partial charge in [0.25, 0.3) is 0 Å². The molecule has 2 rings (SSSR count). The van der Waals surface area contributed by atoms with E-state index in [0.717, 1.165) is 12.5 Å². The summed E-state index contributed by atoms with van der Waals surface area (Å²) in [4.78, 5) is 4.75. The standard InChI is InChI=1S/C16H28N2S/c1-12(13-8-6-5-7-9-13)17-10-14-11-19-15(18-14)16(2,3)4/h11-13,17H,5-10H2,1-4H3. The zero-order chi connectivity index (χ0) is 13.9. The molecule has 0 spiro atoms. The molecular formula is C16H28N2S. The third-order valence-electron chi connectivity index (χ3n) is 4.16. The summed E-state index contributed by atoms with van der Waals surface area (Å²) >= 11 is 1.79. The Bertz CT molecular complexity index is 386. The second kappa shape index (κ2) is 6.36. The van der Waals surface area contributed by atoms with Crippen molar-refractivity contribution >= 4 is 11.3 Å². The van der Waals surface area contributed by atoms with E-state index in [1.807, 2.05) is 0 Å². The average Bonchev–Trinajstić information content (AvgIpc) is 2.86. The van der Waals surface area contributed by atoms with Crippen molar-refractivity contribution in [2.45, 2.75) is 77.8 Å². The summed E-state index contributed by atoms with van der Waals surface area (Å²) < 4.78 is 0. The first-order valence-electron chi connectivity index (χ1n) is 7.65. The molecule has 0 aromatic carbocycles. The minimum atomic E-state index is 0.178. The van der Waals surface area contributed by atoms with Gasteiger partial charge in [-0.05, 0) is 25.7 Å². The summed E-state index contributed by atoms with van der Waals surface area (Å²) in [6.45, 7) is 9.95. The van der Waals surface area contributed by atoms with Crippen LogP contribution in [0, 0.1) is 5.92 Å². The quantitative estimate of drug-likeness (QED) is 0.878. The molecule has 1 saturated carbocycles. The Morgan fingerprint density at radius 2 is 2.00 bits per heavy atom. The van der Waals surface area contributed by atoms with Gasteiger partial charge < -0.3 is 5.32 Å². The maximum absolute atomic E-state index is 4.75. The number of hydrogen-bond acceptors (Lipinski definition) is 3. The van der Waals surface area contributed by atoms with Gasteiger partial charge in [0.1, 0.15) is 0 Å². The van der Waals surface area contributed by atoms with Crippen LogP contribution in [0.25, 0.3) is 0 Å². The molecule has 1 N–H and O–H groups in total. The van der Waals surface area contributed by atoms with Crippen LogP contribution in [-0.4, -0.2) is 11.0 Å². The van der Waals surface area contributed by atoms with Gasteiger partial charge in [0, 0.05) is 23.4 Å². The molecule has 2 nitrogen and oxygen atoms in total. The van der Waals surface area contributed by atoms with Gasteiger partial charge in [0.2, 0.25) is 0 Å². The molecule has 1 atom stereocenters. The third-order valence-corrected chi connectivity index (χ3v) is 5.47. The lowest BCUT2D eigenvalue weighted by atomic mass is 9.84. The van der Waals surface area contributed by atoms with Crippen LogP contribution < -0.4 is 5.32 Å². The van der Waals surface area contributed by atoms with Crippen molar-refractivity contribution < 1.29 is 0 Å². The predicted molar refractivity (Wildman–Crippen MR) is 83.7 cm³/mol. The van der Waals surface area contributed by atoms with E-state index in [4.69, 9.17) is 4.98 Å². The molecule has 3 heteroatoms. The SMILES string of the molecule is CC(NCc1csc(C(C)(C)C)n1)C1CCCCC1. The van der Waals surface area contributed by atoms with Crippen LogP contribution in [-0.2, 0) is 12.0 Å². The monoisotopic (exact) mass is 280 g/mol. The molecule has 1 aliphatic carbocycles. The van der Waals surface area contributed by atoms with Crippen LogP contribution in [0.15, 0.2) is 5.38 Å². The predicted octanol–water partition coefficient (Wildman–Crippen LogP) is 4.50. The molecule has 108 valence electrons. The molecule has 0 radical (unpaired) electrons. The number of nitrogens with zero attached hydrogens (tertiary/aromatic N) is 1. The molecule has 0 amide bonds. The zero-order valence-electron chi connectivity index (χ0n) is 12.8. The molecule has 1 aliphatic rings. The minimum absolute atomic E-state index is 0.178. The van der Waals surface area contributed by atoms with Crippen LogP contribution in [0.3, 0.4) is 0 Å². The van der Waals surface area contributed by atoms with Crippen LogP contribution in [0.4, 0.5) is 0 Å². The summed E-state index contributed by atoms with van der Waals surface area (Å²) in [5.74, 6) is 0.870. The van der Waals surface area contributed by atoms with Crippen molar-refractivity contribution in [3.8, 4) is 0 Å². The Morgan fingerprint density at radius 1 is 1.32 bits per heavy atom. The van der Waals surface area contributed by atoms with Gasteiger partial charge in [-0.15, -0.1) is 11.3 Å². The lowest BCUT2D eigenvalue weighted by Gasteiger charge is -2.28. The normalized spacial score (nSPS) is 19.6. The largest absolute Gasteiger partial charge is 0.308 e. The highest BCUT2D eigenvalue weighted by atomic mass is 32.1. The molecule has 0 bridgehead atoms. The minimum Gasteiger partial charge on any atom is -0.308 e. The second-order valence-corrected chi connectivity index (χ2v) is 7.82. The van der Waals surface area contributed by atoms with Gasteiger partial charge in [0.05, 0.1) is 10.7 Å². The topological polar surface area (TPSA) is 24.9 Å². The average molecular weight is 280 g/mol. The van der Waals surface area contributed by atoms with E-state index >= 15 is 0 Å². The number of aromatic nitrogens is 1. The highest BCUT2D eigenvalue weighted by Crippen LogP contribution is 2.27. The molecule has 1 aromatic rings. The van der Waals surface area contributed by atoms with Crippen molar-refractivity contribution in [2.75, 3.05) is 0 Å². The van der Waals surface area contributed by atoms with Crippen molar-refractivity contribution in [1.29, 1.82) is 0 Å². The zero-order valence-corrected chi connectivity index (χ0v) is 13.6. The Balaban J connectivity index is 1.83. The number of nitrogens with one attached hydrogen (secondary N) is 1. The van der Waals surface area contributed by atoms with E-state index in [9.17, 15) is 0 Å². The molecule has 1 fully saturated rings. The summed E-state index contributed by atoms with van der Waals surface area (Å²) in [5.41, 5.74) is 1.38. The lowest BCUT2D eigenvalue weighted by molar-refractivity contribution is 0.280. The number of rotatable bonds is 4. The molecule has 1 aromatic heterocycles. The van der Waals surface area contributed by atoms with E-state index in [1.54, 1.807) is 11.3 Å². The first-order chi connectivity index (χ1) is 8.97. The maximum atomic E-state index is 4.75. The molecular weight excluding hydrogens is 252 g/mol. The first kappa shape index (κ1) is 15.0. The van der Waals surface area contributed by atoms with E-state index < -0.39 is 0 Å². The van der Waals surface area contributed by atoms with E-state index in [2.05, 4.69) is 38.4 Å². The first-order valence-corrected chi connectivity index (χ1v) is 8.53. The Hall–Kier alpha value is -0.410. The maximum Gasteiger partial charge on any atom is 0.0982 e. The van der Waals surface area contributed by atoms with Crippen LogP contribution in [0.1, 0.15) is 70.5 Å². The van der Waals surface area contributed by atoms with Gasteiger partial charge >= 0.3 is 0 Å². The van der Waals surface area contributed by atoms with Crippen LogP contribution in [0.2, 0.25) is 0 Å². The highest BCUT2D eigenvalue weighted by molar-refractivity contribution is 7.09. The van der Waals surface area contributed by atoms with Gasteiger partial charge in [-0.3, -0.25) is 0 Å². The summed E-state index contributed by atoms with van der Waals surface area (Å²) in [5, 5.41) is 7.13. The van der Waals surface area contributed by atoms with Crippen molar-refractivity contribution in [3.05, 3.63) is 16.1 Å². The Labute approximate surface area is 122 Å². The van der Waals surface area contributed by atoms with E-state index in [0.29, 0.717) is 6.04 Å². The van der Waals surface area contributed by atoms with E-state index in [-0.39, 0.29) is 5.41 Å². The van der Waals surface area contributed by atoms with E-state index in [1.165, 1.54) is 42.8 Å². The fourth-order valence-electron chi connectivity index (χ4n) is 2.80. The molecule has 0 saturated heterocycles. The third kappa shape index (κ3) is 4.28. The smallest absolute Gasteiger partial charge is 0.0982 e. The summed E-state index contributed by atoms with van der Waals surface area (Å²) in [6, 6.07) is 0.625. The number of thiazole rings is 1. The lowest BCUT2D eigenvalue weighted by Crippen LogP contribution is -2.34. The molecule has 1 unspecified atom stereocenters. The van der Waals surface area contributed by atoms with Crippen LogP contribution >= 0.6 is 11.3 Å². The van der Waals surface area contributed by atoms with Crippen LogP contribution in [0.5, 0.6) is 0 Å². The van der Waals surface area contributed by atoms with Gasteiger partial charge in [-0.1, -0.05) is 40.0 Å². The Morgan fingerprint density at radius 3 is 2.58 bits per heavy atom.